The molecule has 0 bridgehead atoms. The Hall–Kier alpha value is -3.40. The van der Waals surface area contributed by atoms with Crippen LogP contribution in [0, 0.1) is 0 Å². The smallest absolute Gasteiger partial charge is 0.124 e. The third-order valence-corrected chi connectivity index (χ3v) is 6.94. The highest BCUT2D eigenvalue weighted by Crippen LogP contribution is 2.31. The van der Waals surface area contributed by atoms with Gasteiger partial charge in [0.05, 0.1) is 11.4 Å². The molecule has 0 aliphatic heterocycles. The maximum atomic E-state index is 10.3. The Morgan fingerprint density at radius 3 is 1.29 bits per heavy atom. The lowest BCUT2D eigenvalue weighted by molar-refractivity contribution is 0.470. The van der Waals surface area contributed by atoms with Crippen molar-refractivity contribution in [3.05, 3.63) is 82.9 Å². The van der Waals surface area contributed by atoms with Gasteiger partial charge in [-0.2, -0.15) is 0 Å². The zero-order chi connectivity index (χ0) is 24.9. The molecule has 0 saturated carbocycles. The van der Waals surface area contributed by atoms with Crippen molar-refractivity contribution in [3.8, 4) is 11.5 Å². The number of rotatable bonds is 8. The minimum Gasteiger partial charge on any atom is -0.507 e. The molecule has 0 unspecified atom stereocenters. The van der Waals surface area contributed by atoms with E-state index in [0.717, 1.165) is 24.2 Å². The number of nitrogens with zero attached hydrogens (tertiary/aromatic N) is 2. The number of phenolic OH excluding ortho intramolecular Hbond substituents is 2. The van der Waals surface area contributed by atoms with E-state index in [9.17, 15) is 10.2 Å². The Morgan fingerprint density at radius 2 is 0.971 bits per heavy atom. The predicted molar refractivity (Wildman–Crippen MR) is 144 cm³/mol. The molecule has 4 nitrogen and oxygen atoms in total. The topological polar surface area (TPSA) is 65.2 Å². The van der Waals surface area contributed by atoms with Crippen LogP contribution in [0.15, 0.2) is 70.6 Å². The SMILES string of the molecule is CCC(C)(C)c1ccc(O)c(C=Nc2ccc(N=Cc3cc(C(C)(C)CC)ccc3O)cc2)c1. The summed E-state index contributed by atoms with van der Waals surface area (Å²) in [6.07, 6.45) is 5.41. The van der Waals surface area contributed by atoms with Gasteiger partial charge in [0.15, 0.2) is 0 Å². The summed E-state index contributed by atoms with van der Waals surface area (Å²) in [5.41, 5.74) is 5.37. The highest BCUT2D eigenvalue weighted by Gasteiger charge is 2.19. The lowest BCUT2D eigenvalue weighted by Gasteiger charge is -2.23. The average molecular weight is 457 g/mol. The van der Waals surface area contributed by atoms with Gasteiger partial charge in [-0.05, 0) is 83.3 Å². The molecule has 0 amide bonds. The van der Waals surface area contributed by atoms with E-state index in [-0.39, 0.29) is 22.3 Å². The Labute approximate surface area is 203 Å². The van der Waals surface area contributed by atoms with Crippen molar-refractivity contribution in [3.63, 3.8) is 0 Å². The molecule has 3 aromatic carbocycles. The first-order chi connectivity index (χ1) is 16.1. The van der Waals surface area contributed by atoms with Crippen LogP contribution in [0.5, 0.6) is 11.5 Å². The van der Waals surface area contributed by atoms with Gasteiger partial charge < -0.3 is 10.2 Å². The van der Waals surface area contributed by atoms with Gasteiger partial charge in [-0.15, -0.1) is 0 Å². The Balaban J connectivity index is 1.77. The van der Waals surface area contributed by atoms with E-state index < -0.39 is 0 Å². The first-order valence-electron chi connectivity index (χ1n) is 11.9. The first-order valence-corrected chi connectivity index (χ1v) is 11.9. The van der Waals surface area contributed by atoms with Gasteiger partial charge in [0, 0.05) is 23.6 Å². The molecule has 0 fully saturated rings. The molecular formula is C30H36N2O2. The number of benzene rings is 3. The Kier molecular flexibility index (Phi) is 7.61. The van der Waals surface area contributed by atoms with Crippen LogP contribution in [0.2, 0.25) is 0 Å². The summed E-state index contributed by atoms with van der Waals surface area (Å²) in [6.45, 7) is 13.1. The molecule has 0 radical (unpaired) electrons. The van der Waals surface area contributed by atoms with Crippen molar-refractivity contribution in [1.29, 1.82) is 0 Å². The summed E-state index contributed by atoms with van der Waals surface area (Å²) >= 11 is 0. The Bertz CT molecular complexity index is 1090. The maximum absolute atomic E-state index is 10.3. The van der Waals surface area contributed by atoms with Crippen LogP contribution in [0.1, 0.15) is 76.6 Å². The van der Waals surface area contributed by atoms with Crippen LogP contribution in [-0.4, -0.2) is 22.6 Å². The molecule has 0 atom stereocenters. The van der Waals surface area contributed by atoms with Crippen LogP contribution in [0.3, 0.4) is 0 Å². The molecule has 178 valence electrons. The molecule has 0 aromatic heterocycles. The maximum Gasteiger partial charge on any atom is 0.124 e. The largest absolute Gasteiger partial charge is 0.507 e. The third kappa shape index (κ3) is 5.93. The van der Waals surface area contributed by atoms with Gasteiger partial charge in [-0.1, -0.05) is 53.7 Å². The minimum atomic E-state index is 0.0379. The number of aromatic hydroxyl groups is 2. The van der Waals surface area contributed by atoms with Crippen LogP contribution in [-0.2, 0) is 10.8 Å². The fourth-order valence-corrected chi connectivity index (χ4v) is 3.48. The molecule has 4 heteroatoms. The second-order valence-electron chi connectivity index (χ2n) is 10.1. The molecule has 3 aromatic rings. The predicted octanol–water partition coefficient (Wildman–Crippen LogP) is 7.97. The number of aliphatic imine (C=N–C) groups is 2. The van der Waals surface area contributed by atoms with Crippen LogP contribution in [0.4, 0.5) is 11.4 Å². The lowest BCUT2D eigenvalue weighted by atomic mass is 9.81. The van der Waals surface area contributed by atoms with Crippen molar-refractivity contribution in [2.45, 2.75) is 65.2 Å². The second-order valence-corrected chi connectivity index (χ2v) is 10.1. The quantitative estimate of drug-likeness (QED) is 0.337. The second kappa shape index (κ2) is 10.3. The van der Waals surface area contributed by atoms with Crippen molar-refractivity contribution < 1.29 is 10.2 Å². The van der Waals surface area contributed by atoms with Gasteiger partial charge >= 0.3 is 0 Å². The van der Waals surface area contributed by atoms with Crippen LogP contribution >= 0.6 is 0 Å². The van der Waals surface area contributed by atoms with Crippen LogP contribution in [0.25, 0.3) is 0 Å². The normalized spacial score (nSPS) is 12.6. The van der Waals surface area contributed by atoms with E-state index in [4.69, 9.17) is 0 Å². The summed E-state index contributed by atoms with van der Waals surface area (Å²) in [4.78, 5) is 9.06. The van der Waals surface area contributed by atoms with Gasteiger partial charge in [0.25, 0.3) is 0 Å². The zero-order valence-corrected chi connectivity index (χ0v) is 21.1. The third-order valence-electron chi connectivity index (χ3n) is 6.94. The van der Waals surface area contributed by atoms with Crippen molar-refractivity contribution in [1.82, 2.24) is 0 Å². The molecule has 2 N–H and O–H groups in total. The fraction of sp³-hybridized carbons (Fsp3) is 0.333. The van der Waals surface area contributed by atoms with E-state index in [1.165, 1.54) is 11.1 Å². The van der Waals surface area contributed by atoms with Crippen molar-refractivity contribution >= 4 is 23.8 Å². The summed E-state index contributed by atoms with van der Waals surface area (Å²) < 4.78 is 0. The fourth-order valence-electron chi connectivity index (χ4n) is 3.48. The molecule has 34 heavy (non-hydrogen) atoms. The minimum absolute atomic E-state index is 0.0379. The number of phenols is 2. The van der Waals surface area contributed by atoms with E-state index in [1.54, 1.807) is 24.6 Å². The molecule has 0 saturated heterocycles. The summed E-state index contributed by atoms with van der Waals surface area (Å²) in [5.74, 6) is 0.433. The lowest BCUT2D eigenvalue weighted by Crippen LogP contribution is -2.15. The molecule has 0 aliphatic carbocycles. The van der Waals surface area contributed by atoms with Crippen molar-refractivity contribution in [2.75, 3.05) is 0 Å². The first kappa shape index (κ1) is 25.2. The summed E-state index contributed by atoms with van der Waals surface area (Å²) in [7, 11) is 0. The van der Waals surface area contributed by atoms with Gasteiger partial charge in [-0.25, -0.2) is 0 Å². The molecular weight excluding hydrogens is 420 g/mol. The van der Waals surface area contributed by atoms with Gasteiger partial charge in [0.1, 0.15) is 11.5 Å². The number of hydrogen-bond acceptors (Lipinski definition) is 4. The van der Waals surface area contributed by atoms with Crippen LogP contribution < -0.4 is 0 Å². The van der Waals surface area contributed by atoms with Gasteiger partial charge in [0.2, 0.25) is 0 Å². The van der Waals surface area contributed by atoms with E-state index in [2.05, 4.69) is 51.5 Å². The molecule has 0 spiro atoms. The highest BCUT2D eigenvalue weighted by atomic mass is 16.3. The zero-order valence-electron chi connectivity index (χ0n) is 21.1. The van der Waals surface area contributed by atoms with E-state index in [0.29, 0.717) is 11.1 Å². The average Bonchev–Trinajstić information content (AvgIpc) is 2.83. The molecule has 0 heterocycles. The number of hydrogen-bond donors (Lipinski definition) is 2. The van der Waals surface area contributed by atoms with E-state index >= 15 is 0 Å². The van der Waals surface area contributed by atoms with E-state index in [1.807, 2.05) is 48.5 Å². The van der Waals surface area contributed by atoms with Crippen molar-refractivity contribution in [2.24, 2.45) is 9.98 Å². The summed E-state index contributed by atoms with van der Waals surface area (Å²) in [5, 5.41) is 20.5. The molecule has 0 aliphatic rings. The molecule has 3 rings (SSSR count). The standard InChI is InChI=1S/C30H36N2O2/c1-7-29(3,4)23-9-15-27(33)21(17-23)19-31-25-11-13-26(14-12-25)32-20-22-18-24(10-16-28(22)34)30(5,6)8-2/h9-20,33-34H,7-8H2,1-6H3. The summed E-state index contributed by atoms with van der Waals surface area (Å²) in [6, 6.07) is 19.0. The Morgan fingerprint density at radius 1 is 0.618 bits per heavy atom. The van der Waals surface area contributed by atoms with Gasteiger partial charge in [-0.3, -0.25) is 9.98 Å². The highest BCUT2D eigenvalue weighted by molar-refractivity contribution is 5.87. The monoisotopic (exact) mass is 456 g/mol.